The molecule has 0 aliphatic rings. The third-order valence-electron chi connectivity index (χ3n) is 1.62. The quantitative estimate of drug-likeness (QED) is 0.357. The number of anilines is 1. The van der Waals surface area contributed by atoms with Crippen LogP contribution in [0.5, 0.6) is 0 Å². The summed E-state index contributed by atoms with van der Waals surface area (Å²) in [5, 5.41) is 10.5. The van der Waals surface area contributed by atoms with E-state index >= 15 is 0 Å². The van der Waals surface area contributed by atoms with E-state index in [4.69, 9.17) is 5.73 Å². The summed E-state index contributed by atoms with van der Waals surface area (Å²) in [4.78, 5) is 20.3. The van der Waals surface area contributed by atoms with Crippen LogP contribution in [0.2, 0.25) is 0 Å². The monoisotopic (exact) mass is 226 g/mol. The molecule has 0 aromatic heterocycles. The number of benzene rings is 1. The number of hydrogen-bond acceptors (Lipinski definition) is 5. The van der Waals surface area contributed by atoms with Crippen molar-refractivity contribution >= 4 is 17.7 Å². The second kappa shape index (κ2) is 6.52. The second-order valence-electron chi connectivity index (χ2n) is 3.08. The minimum absolute atomic E-state index is 0.0162. The summed E-state index contributed by atoms with van der Waals surface area (Å²) >= 11 is 0. The molecule has 0 spiro atoms. The van der Waals surface area contributed by atoms with Crippen LogP contribution in [0.25, 0.3) is 0 Å². The molecule has 2 N–H and O–H groups in total. The van der Waals surface area contributed by atoms with Crippen LogP contribution in [0.3, 0.4) is 0 Å². The molecule has 0 aliphatic carbocycles. The molecule has 0 saturated heterocycles. The summed E-state index contributed by atoms with van der Waals surface area (Å²) in [6.07, 6.45) is 0.432. The first-order valence-corrected chi connectivity index (χ1v) is 4.37. The highest BCUT2D eigenvalue weighted by Crippen LogP contribution is 2.26. The van der Waals surface area contributed by atoms with E-state index in [9.17, 15) is 14.9 Å². The molecule has 1 aromatic carbocycles. The van der Waals surface area contributed by atoms with Gasteiger partial charge in [0.05, 0.1) is 10.5 Å². The van der Waals surface area contributed by atoms with Crippen LogP contribution in [0.1, 0.15) is 15.9 Å². The topological polar surface area (TPSA) is 95.5 Å². The van der Waals surface area contributed by atoms with Gasteiger partial charge in [-0.25, -0.2) is 0 Å². The van der Waals surface area contributed by atoms with E-state index in [0.717, 1.165) is 5.56 Å². The predicted octanol–water partition coefficient (Wildman–Crippen LogP) is 1.56. The van der Waals surface area contributed by atoms with Gasteiger partial charge in [-0.05, 0) is 24.6 Å². The molecule has 0 atom stereocenters. The van der Waals surface area contributed by atoms with Gasteiger partial charge in [-0.2, -0.15) is 0 Å². The van der Waals surface area contributed by atoms with Gasteiger partial charge in [-0.1, -0.05) is 0 Å². The van der Waals surface area contributed by atoms with E-state index < -0.39 is 4.92 Å². The van der Waals surface area contributed by atoms with Gasteiger partial charge in [0.2, 0.25) is 0 Å². The lowest BCUT2D eigenvalue weighted by atomic mass is 10.1. The molecule has 0 unspecified atom stereocenters. The number of rotatable bonds is 2. The van der Waals surface area contributed by atoms with E-state index in [2.05, 4.69) is 4.74 Å². The molecule has 16 heavy (non-hydrogen) atoms. The summed E-state index contributed by atoms with van der Waals surface area (Å²) in [7, 11) is 3.25. The number of aldehydes is 1. The van der Waals surface area contributed by atoms with Crippen molar-refractivity contribution in [1.29, 1.82) is 0 Å². The molecule has 0 radical (unpaired) electrons. The molecule has 0 bridgehead atoms. The Morgan fingerprint density at radius 3 is 2.31 bits per heavy atom. The average Bonchev–Trinajstić information content (AvgIpc) is 2.16. The Morgan fingerprint density at radius 2 is 1.94 bits per heavy atom. The van der Waals surface area contributed by atoms with Gasteiger partial charge in [-0.15, -0.1) is 0 Å². The fraction of sp³-hybridized carbons (Fsp3) is 0.300. The van der Waals surface area contributed by atoms with E-state index in [1.165, 1.54) is 12.1 Å². The van der Waals surface area contributed by atoms with Crippen molar-refractivity contribution in [3.8, 4) is 0 Å². The van der Waals surface area contributed by atoms with Crippen molar-refractivity contribution < 1.29 is 14.5 Å². The Morgan fingerprint density at radius 1 is 1.44 bits per heavy atom. The maximum Gasteiger partial charge on any atom is 0.302 e. The van der Waals surface area contributed by atoms with Crippen LogP contribution in [0.15, 0.2) is 12.1 Å². The van der Waals surface area contributed by atoms with E-state index in [1.54, 1.807) is 21.1 Å². The zero-order valence-corrected chi connectivity index (χ0v) is 9.39. The Labute approximate surface area is 93.2 Å². The summed E-state index contributed by atoms with van der Waals surface area (Å²) in [5.74, 6) is 0. The van der Waals surface area contributed by atoms with Crippen molar-refractivity contribution in [3.63, 3.8) is 0 Å². The SMILES string of the molecule is COC.Cc1cc(N)c([N+](=O)[O-])c(C=O)c1. The first-order chi connectivity index (χ1) is 7.47. The number of nitro benzene ring substituents is 1. The number of methoxy groups -OCH3 is 1. The number of carbonyl (C=O) groups excluding carboxylic acids is 1. The highest BCUT2D eigenvalue weighted by atomic mass is 16.6. The van der Waals surface area contributed by atoms with Crippen LogP contribution in [-0.4, -0.2) is 25.4 Å². The molecule has 6 nitrogen and oxygen atoms in total. The molecule has 0 fully saturated rings. The summed E-state index contributed by atoms with van der Waals surface area (Å²) in [6, 6.07) is 2.90. The number of ether oxygens (including phenoxy) is 1. The van der Waals surface area contributed by atoms with Gasteiger partial charge in [0, 0.05) is 14.2 Å². The molecule has 0 saturated carbocycles. The Bertz CT molecular complexity index is 391. The molecule has 0 heterocycles. The number of nitrogens with zero attached hydrogens (tertiary/aromatic N) is 1. The fourth-order valence-corrected chi connectivity index (χ4v) is 1.14. The van der Waals surface area contributed by atoms with Crippen molar-refractivity contribution in [2.24, 2.45) is 0 Å². The zero-order valence-electron chi connectivity index (χ0n) is 9.39. The lowest BCUT2D eigenvalue weighted by Gasteiger charge is -2.01. The maximum absolute atomic E-state index is 10.5. The first kappa shape index (κ1) is 14.1. The van der Waals surface area contributed by atoms with E-state index in [-0.39, 0.29) is 16.9 Å². The number of nitrogen functional groups attached to an aromatic ring is 1. The third-order valence-corrected chi connectivity index (χ3v) is 1.62. The van der Waals surface area contributed by atoms with Crippen molar-refractivity contribution in [3.05, 3.63) is 33.4 Å². The molecule has 6 heteroatoms. The third kappa shape index (κ3) is 3.66. The van der Waals surface area contributed by atoms with Crippen LogP contribution in [0, 0.1) is 17.0 Å². The molecule has 1 aromatic rings. The Balaban J connectivity index is 0.000000673. The first-order valence-electron chi connectivity index (χ1n) is 4.37. The predicted molar refractivity (Wildman–Crippen MR) is 60.6 cm³/mol. The zero-order chi connectivity index (χ0) is 12.7. The van der Waals surface area contributed by atoms with Gasteiger partial charge in [0.1, 0.15) is 5.69 Å². The van der Waals surface area contributed by atoms with Crippen LogP contribution in [-0.2, 0) is 4.74 Å². The van der Waals surface area contributed by atoms with Gasteiger partial charge in [0.25, 0.3) is 0 Å². The van der Waals surface area contributed by atoms with E-state index in [0.29, 0.717) is 6.29 Å². The van der Waals surface area contributed by atoms with E-state index in [1.807, 2.05) is 0 Å². The second-order valence-corrected chi connectivity index (χ2v) is 3.08. The van der Waals surface area contributed by atoms with Gasteiger partial charge in [-0.3, -0.25) is 14.9 Å². The molecule has 1 rings (SSSR count). The van der Waals surface area contributed by atoms with Gasteiger partial charge in [0.15, 0.2) is 6.29 Å². The number of carbonyl (C=O) groups is 1. The van der Waals surface area contributed by atoms with Crippen LogP contribution < -0.4 is 5.73 Å². The van der Waals surface area contributed by atoms with Crippen molar-refractivity contribution in [2.45, 2.75) is 6.92 Å². The lowest BCUT2D eigenvalue weighted by Crippen LogP contribution is -2.00. The Kier molecular flexibility index (Phi) is 5.72. The lowest BCUT2D eigenvalue weighted by molar-refractivity contribution is -0.384. The average molecular weight is 226 g/mol. The molecule has 0 amide bonds. The number of hydrogen-bond donors (Lipinski definition) is 1. The standard InChI is InChI=1S/C8H8N2O3.C2H6O/c1-5-2-6(4-11)8(10(12)13)7(9)3-5;1-3-2/h2-4H,9H2,1H3;1-2H3. The molecular formula is C10H14N2O4. The van der Waals surface area contributed by atoms with Gasteiger partial charge < -0.3 is 10.5 Å². The summed E-state index contributed by atoms with van der Waals surface area (Å²) < 4.78 is 4.25. The number of nitrogens with two attached hydrogens (primary N) is 1. The smallest absolute Gasteiger partial charge is 0.302 e. The largest absolute Gasteiger partial charge is 0.393 e. The molecule has 88 valence electrons. The fourth-order valence-electron chi connectivity index (χ4n) is 1.14. The molecule has 0 aliphatic heterocycles. The minimum atomic E-state index is -0.654. The Hall–Kier alpha value is -1.95. The minimum Gasteiger partial charge on any atom is -0.393 e. The summed E-state index contributed by atoms with van der Waals surface area (Å²) in [6.45, 7) is 1.72. The highest BCUT2D eigenvalue weighted by Gasteiger charge is 2.17. The number of nitro groups is 1. The van der Waals surface area contributed by atoms with Crippen LogP contribution in [0.4, 0.5) is 11.4 Å². The summed E-state index contributed by atoms with van der Waals surface area (Å²) in [5.41, 5.74) is 5.84. The van der Waals surface area contributed by atoms with Crippen molar-refractivity contribution in [2.75, 3.05) is 20.0 Å². The highest BCUT2D eigenvalue weighted by molar-refractivity contribution is 5.86. The van der Waals surface area contributed by atoms with Gasteiger partial charge >= 0.3 is 5.69 Å². The maximum atomic E-state index is 10.5. The normalized spacial score (nSPS) is 8.94. The molecular weight excluding hydrogens is 212 g/mol. The van der Waals surface area contributed by atoms with Crippen molar-refractivity contribution in [1.82, 2.24) is 0 Å². The van der Waals surface area contributed by atoms with Crippen LogP contribution >= 0.6 is 0 Å². The number of aryl methyl sites for hydroxylation is 1.